The molecule has 0 radical (unpaired) electrons. The van der Waals surface area contributed by atoms with E-state index in [4.69, 9.17) is 4.74 Å². The molecule has 2 fully saturated rings. The van der Waals surface area contributed by atoms with E-state index in [0.29, 0.717) is 16.4 Å². The monoisotopic (exact) mass is 325 g/mol. The molecule has 4 nitrogen and oxygen atoms in total. The molecular formula is C10H16INO3. The molecule has 0 aromatic heterocycles. The zero-order chi connectivity index (χ0) is 11.0. The molecule has 15 heavy (non-hydrogen) atoms. The van der Waals surface area contributed by atoms with Crippen LogP contribution in [0.5, 0.6) is 0 Å². The summed E-state index contributed by atoms with van der Waals surface area (Å²) in [5, 5.41) is 9.90. The maximum atomic E-state index is 11.7. The number of carbonyl (C=O) groups excluding carboxylic acids is 1. The minimum absolute atomic E-state index is 0.0385. The van der Waals surface area contributed by atoms with Crippen LogP contribution in [0, 0.1) is 5.92 Å². The highest BCUT2D eigenvalue weighted by Gasteiger charge is 2.49. The first-order valence-corrected chi connectivity index (χ1v) is 6.65. The number of aliphatic hydroxyl groups excluding tert-OH is 1. The van der Waals surface area contributed by atoms with Crippen molar-refractivity contribution >= 4 is 28.7 Å². The first-order chi connectivity index (χ1) is 7.15. The summed E-state index contributed by atoms with van der Waals surface area (Å²) in [7, 11) is 0. The first kappa shape index (κ1) is 11.4. The Balaban J connectivity index is 2.11. The van der Waals surface area contributed by atoms with Crippen molar-refractivity contribution in [3.8, 4) is 0 Å². The first-order valence-electron chi connectivity index (χ1n) is 5.40. The maximum absolute atomic E-state index is 11.7. The number of aliphatic hydroxyl groups is 1. The second kappa shape index (κ2) is 4.45. The van der Waals surface area contributed by atoms with Gasteiger partial charge < -0.3 is 14.7 Å². The molecule has 1 aliphatic carbocycles. The lowest BCUT2D eigenvalue weighted by Crippen LogP contribution is -2.47. The van der Waals surface area contributed by atoms with Gasteiger partial charge in [-0.05, 0) is 25.7 Å². The zero-order valence-corrected chi connectivity index (χ0v) is 10.9. The molecule has 2 aliphatic rings. The average molecular weight is 325 g/mol. The number of likely N-dealkylation sites (tertiary alicyclic amines) is 1. The minimum Gasteiger partial charge on any atom is -0.450 e. The summed E-state index contributed by atoms with van der Waals surface area (Å²) in [5.74, 6) is 0.531. The largest absolute Gasteiger partial charge is 0.450 e. The van der Waals surface area contributed by atoms with E-state index in [1.807, 2.05) is 0 Å². The molecule has 1 saturated heterocycles. The predicted molar refractivity (Wildman–Crippen MR) is 64.1 cm³/mol. The fraction of sp³-hybridized carbons (Fsp3) is 0.900. The molecule has 1 aliphatic heterocycles. The quantitative estimate of drug-likeness (QED) is 0.586. The molecular weight excluding hydrogens is 309 g/mol. The Morgan fingerprint density at radius 1 is 1.60 bits per heavy atom. The number of alkyl halides is 1. The van der Waals surface area contributed by atoms with Gasteiger partial charge in [0.15, 0.2) is 0 Å². The summed E-state index contributed by atoms with van der Waals surface area (Å²) in [6, 6.07) is -0.0385. The number of amides is 1. The SMILES string of the molecule is CCOC(=O)N1CC2CC[C@@H](O)C1[C@H]2I. The van der Waals surface area contributed by atoms with Gasteiger partial charge in [0.2, 0.25) is 0 Å². The summed E-state index contributed by atoms with van der Waals surface area (Å²) in [5.41, 5.74) is 0. The van der Waals surface area contributed by atoms with Crippen LogP contribution < -0.4 is 0 Å². The minimum atomic E-state index is -0.380. The van der Waals surface area contributed by atoms with E-state index >= 15 is 0 Å². The van der Waals surface area contributed by atoms with Crippen LogP contribution in [0.15, 0.2) is 0 Å². The van der Waals surface area contributed by atoms with Crippen molar-refractivity contribution in [1.29, 1.82) is 0 Å². The molecule has 0 aromatic carbocycles. The standard InChI is InChI=1S/C10H16INO3/c1-2-15-10(14)12-5-6-3-4-7(13)9(12)8(6)11/h6-9,13H,2-5H2,1H3/t6?,7-,8+,9?/m1/s1. The van der Waals surface area contributed by atoms with Crippen LogP contribution >= 0.6 is 22.6 Å². The third-order valence-electron chi connectivity index (χ3n) is 3.30. The molecule has 0 aromatic rings. The Morgan fingerprint density at radius 2 is 2.33 bits per heavy atom. The van der Waals surface area contributed by atoms with Crippen molar-refractivity contribution in [1.82, 2.24) is 4.90 Å². The summed E-state index contributed by atoms with van der Waals surface area (Å²) >= 11 is 2.35. The molecule has 1 amide bonds. The van der Waals surface area contributed by atoms with Crippen molar-refractivity contribution in [3.05, 3.63) is 0 Å². The molecule has 1 N–H and O–H groups in total. The molecule has 86 valence electrons. The van der Waals surface area contributed by atoms with Crippen LogP contribution in [0.1, 0.15) is 19.8 Å². The summed E-state index contributed by atoms with van der Waals surface area (Å²) in [4.78, 5) is 13.4. The number of hydrogen-bond acceptors (Lipinski definition) is 3. The van der Waals surface area contributed by atoms with E-state index in [-0.39, 0.29) is 18.2 Å². The lowest BCUT2D eigenvalue weighted by atomic mass is 9.88. The Morgan fingerprint density at radius 3 is 3.00 bits per heavy atom. The molecule has 2 rings (SSSR count). The summed E-state index contributed by atoms with van der Waals surface area (Å²) < 4.78 is 5.37. The number of hydrogen-bond donors (Lipinski definition) is 1. The molecule has 2 unspecified atom stereocenters. The van der Waals surface area contributed by atoms with Crippen LogP contribution in [0.3, 0.4) is 0 Å². The van der Waals surface area contributed by atoms with Gasteiger partial charge in [-0.2, -0.15) is 0 Å². The third kappa shape index (κ3) is 1.95. The Bertz CT molecular complexity index is 261. The molecule has 4 atom stereocenters. The lowest BCUT2D eigenvalue weighted by molar-refractivity contribution is 0.0508. The van der Waals surface area contributed by atoms with Gasteiger partial charge in [-0.1, -0.05) is 22.6 Å². The number of ether oxygens (including phenoxy) is 1. The topological polar surface area (TPSA) is 49.8 Å². The van der Waals surface area contributed by atoms with Crippen LogP contribution in [0.2, 0.25) is 0 Å². The third-order valence-corrected chi connectivity index (χ3v) is 5.05. The summed E-state index contributed by atoms with van der Waals surface area (Å²) in [6.07, 6.45) is 1.18. The highest BCUT2D eigenvalue weighted by Crippen LogP contribution is 2.40. The molecule has 1 saturated carbocycles. The Labute approximate surface area is 103 Å². The second-order valence-electron chi connectivity index (χ2n) is 4.19. The highest BCUT2D eigenvalue weighted by atomic mass is 127. The Hall–Kier alpha value is -0.0400. The summed E-state index contributed by atoms with van der Waals surface area (Å²) in [6.45, 7) is 2.95. The van der Waals surface area contributed by atoms with E-state index in [1.165, 1.54) is 0 Å². The Kier molecular flexibility index (Phi) is 3.39. The van der Waals surface area contributed by atoms with Gasteiger partial charge in [0, 0.05) is 10.5 Å². The van der Waals surface area contributed by atoms with E-state index in [2.05, 4.69) is 22.6 Å². The number of nitrogens with zero attached hydrogens (tertiary/aromatic N) is 1. The van der Waals surface area contributed by atoms with E-state index in [0.717, 1.165) is 19.4 Å². The van der Waals surface area contributed by atoms with E-state index < -0.39 is 0 Å². The predicted octanol–water partition coefficient (Wildman–Crippen LogP) is 1.40. The second-order valence-corrected chi connectivity index (χ2v) is 5.63. The van der Waals surface area contributed by atoms with E-state index in [1.54, 1.807) is 11.8 Å². The van der Waals surface area contributed by atoms with Crippen molar-refractivity contribution in [2.24, 2.45) is 5.92 Å². The van der Waals surface area contributed by atoms with Gasteiger partial charge in [-0.25, -0.2) is 4.79 Å². The molecule has 1 heterocycles. The van der Waals surface area contributed by atoms with Crippen molar-refractivity contribution in [2.75, 3.05) is 13.2 Å². The molecule has 2 bridgehead atoms. The van der Waals surface area contributed by atoms with Gasteiger partial charge in [-0.3, -0.25) is 0 Å². The number of fused-ring (bicyclic) bond motifs is 2. The van der Waals surface area contributed by atoms with Crippen LogP contribution in [-0.2, 0) is 4.74 Å². The van der Waals surface area contributed by atoms with Crippen LogP contribution in [-0.4, -0.2) is 45.3 Å². The van der Waals surface area contributed by atoms with Crippen LogP contribution in [0.4, 0.5) is 4.79 Å². The van der Waals surface area contributed by atoms with E-state index in [9.17, 15) is 9.90 Å². The normalized spacial score (nSPS) is 39.3. The van der Waals surface area contributed by atoms with Gasteiger partial charge in [0.1, 0.15) is 0 Å². The number of carbonyl (C=O) groups is 1. The lowest BCUT2D eigenvalue weighted by Gasteiger charge is -2.32. The smallest absolute Gasteiger partial charge is 0.410 e. The maximum Gasteiger partial charge on any atom is 0.410 e. The van der Waals surface area contributed by atoms with Gasteiger partial charge >= 0.3 is 6.09 Å². The van der Waals surface area contributed by atoms with Gasteiger partial charge in [-0.15, -0.1) is 0 Å². The van der Waals surface area contributed by atoms with Gasteiger partial charge in [0.05, 0.1) is 18.8 Å². The number of halogens is 1. The fourth-order valence-corrected chi connectivity index (χ4v) is 4.01. The van der Waals surface area contributed by atoms with Crippen molar-refractivity contribution in [3.63, 3.8) is 0 Å². The molecule has 5 heteroatoms. The molecule has 0 spiro atoms. The average Bonchev–Trinajstić information content (AvgIpc) is 2.40. The fourth-order valence-electron chi connectivity index (χ4n) is 2.55. The van der Waals surface area contributed by atoms with Crippen molar-refractivity contribution in [2.45, 2.75) is 35.8 Å². The highest BCUT2D eigenvalue weighted by molar-refractivity contribution is 14.1. The van der Waals surface area contributed by atoms with Gasteiger partial charge in [0.25, 0.3) is 0 Å². The van der Waals surface area contributed by atoms with Crippen LogP contribution in [0.25, 0.3) is 0 Å². The van der Waals surface area contributed by atoms with Crippen molar-refractivity contribution < 1.29 is 14.6 Å². The number of rotatable bonds is 1. The zero-order valence-electron chi connectivity index (χ0n) is 8.73.